The largest absolute Gasteiger partial charge is 0.366 e. The molecule has 0 aliphatic heterocycles. The van der Waals surface area contributed by atoms with E-state index in [9.17, 15) is 0 Å². The second kappa shape index (κ2) is 7.75. The molecule has 0 radical (unpaired) electrons. The normalized spacial score (nSPS) is 10.7. The van der Waals surface area contributed by atoms with Gasteiger partial charge in [0.15, 0.2) is 0 Å². The summed E-state index contributed by atoms with van der Waals surface area (Å²) in [7, 11) is 0. The lowest BCUT2D eigenvalue weighted by molar-refractivity contribution is 0.866. The molecule has 0 atom stereocenters. The van der Waals surface area contributed by atoms with Crippen molar-refractivity contribution in [2.24, 2.45) is 0 Å². The fourth-order valence-electron chi connectivity index (χ4n) is 2.66. The van der Waals surface area contributed by atoms with Crippen molar-refractivity contribution in [3.05, 3.63) is 71.7 Å². The Kier molecular flexibility index (Phi) is 5.23. The maximum absolute atomic E-state index is 4.58. The van der Waals surface area contributed by atoms with Crippen molar-refractivity contribution in [1.82, 2.24) is 15.0 Å². The number of aromatic nitrogens is 3. The van der Waals surface area contributed by atoms with E-state index >= 15 is 0 Å². The van der Waals surface area contributed by atoms with Crippen LogP contribution in [0.5, 0.6) is 0 Å². The summed E-state index contributed by atoms with van der Waals surface area (Å²) in [6.07, 6.45) is 5.34. The molecule has 3 aromatic rings. The van der Waals surface area contributed by atoms with E-state index in [2.05, 4.69) is 64.6 Å². The topological polar surface area (TPSA) is 62.7 Å². The van der Waals surface area contributed by atoms with Crippen LogP contribution in [0.3, 0.4) is 0 Å². The average molecular weight is 333 g/mol. The van der Waals surface area contributed by atoms with Gasteiger partial charge in [-0.05, 0) is 47.7 Å². The van der Waals surface area contributed by atoms with E-state index in [1.807, 2.05) is 18.2 Å². The zero-order valence-electron chi connectivity index (χ0n) is 14.8. The summed E-state index contributed by atoms with van der Waals surface area (Å²) in [5, 5.41) is 6.71. The van der Waals surface area contributed by atoms with Crippen molar-refractivity contribution in [3.63, 3.8) is 0 Å². The molecule has 2 heterocycles. The van der Waals surface area contributed by atoms with Crippen LogP contribution in [0.4, 0.5) is 17.5 Å². The molecule has 2 N–H and O–H groups in total. The number of nitrogens with one attached hydrogen (secondary N) is 2. The molecule has 5 nitrogen and oxygen atoms in total. The number of nitrogens with zero attached hydrogens (tertiary/aromatic N) is 3. The summed E-state index contributed by atoms with van der Waals surface area (Å²) in [5.74, 6) is 1.81. The van der Waals surface area contributed by atoms with Gasteiger partial charge in [-0.3, -0.25) is 4.98 Å². The molecule has 25 heavy (non-hydrogen) atoms. The van der Waals surface area contributed by atoms with Gasteiger partial charge in [0.1, 0.15) is 5.82 Å². The van der Waals surface area contributed by atoms with Gasteiger partial charge >= 0.3 is 0 Å². The number of para-hydroxylation sites is 1. The fraction of sp³-hybridized carbons (Fsp3) is 0.250. The molecule has 0 saturated heterocycles. The molecule has 0 fully saturated rings. The Labute approximate surface area is 148 Å². The predicted molar refractivity (Wildman–Crippen MR) is 102 cm³/mol. The molecule has 128 valence electrons. The zero-order chi connectivity index (χ0) is 17.6. The Hall–Kier alpha value is -2.95. The van der Waals surface area contributed by atoms with Crippen molar-refractivity contribution in [2.75, 3.05) is 10.6 Å². The van der Waals surface area contributed by atoms with Gasteiger partial charge in [0.25, 0.3) is 0 Å². The lowest BCUT2D eigenvalue weighted by Crippen LogP contribution is -2.06. The quantitative estimate of drug-likeness (QED) is 0.687. The zero-order valence-corrected chi connectivity index (χ0v) is 14.8. The standard InChI is InChI=1S/C20H23N5/c1-14(2)17-6-4-5-15(3)19(17)25-20-22-12-9-18(24-20)23-13-16-7-10-21-11-8-16/h4-12,14H,13H2,1-3H3,(H2,22,23,24,25). The van der Waals surface area contributed by atoms with E-state index < -0.39 is 0 Å². The van der Waals surface area contributed by atoms with Crippen molar-refractivity contribution in [2.45, 2.75) is 33.2 Å². The molecule has 0 aliphatic rings. The highest BCUT2D eigenvalue weighted by atomic mass is 15.1. The highest BCUT2D eigenvalue weighted by Gasteiger charge is 2.10. The van der Waals surface area contributed by atoms with Crippen LogP contribution in [0, 0.1) is 6.92 Å². The number of anilines is 3. The van der Waals surface area contributed by atoms with Crippen LogP contribution in [-0.4, -0.2) is 15.0 Å². The smallest absolute Gasteiger partial charge is 0.229 e. The van der Waals surface area contributed by atoms with Crippen molar-refractivity contribution >= 4 is 17.5 Å². The van der Waals surface area contributed by atoms with Gasteiger partial charge in [-0.15, -0.1) is 0 Å². The van der Waals surface area contributed by atoms with Crippen molar-refractivity contribution in [3.8, 4) is 0 Å². The summed E-state index contributed by atoms with van der Waals surface area (Å²) in [5.41, 5.74) is 4.69. The molecule has 0 bridgehead atoms. The van der Waals surface area contributed by atoms with Gasteiger partial charge in [0.2, 0.25) is 5.95 Å². The van der Waals surface area contributed by atoms with E-state index in [4.69, 9.17) is 0 Å². The lowest BCUT2D eigenvalue weighted by atomic mass is 9.98. The number of rotatable bonds is 6. The van der Waals surface area contributed by atoms with Gasteiger partial charge < -0.3 is 10.6 Å². The maximum Gasteiger partial charge on any atom is 0.229 e. The lowest BCUT2D eigenvalue weighted by Gasteiger charge is -2.16. The predicted octanol–water partition coefficient (Wildman–Crippen LogP) is 4.66. The first-order chi connectivity index (χ1) is 12.1. The van der Waals surface area contributed by atoms with Crippen LogP contribution in [-0.2, 0) is 6.54 Å². The van der Waals surface area contributed by atoms with Crippen LogP contribution in [0.25, 0.3) is 0 Å². The van der Waals surface area contributed by atoms with E-state index in [-0.39, 0.29) is 0 Å². The highest BCUT2D eigenvalue weighted by Crippen LogP contribution is 2.29. The van der Waals surface area contributed by atoms with Crippen LogP contribution in [0.2, 0.25) is 0 Å². The molecule has 0 unspecified atom stereocenters. The number of pyridine rings is 1. The molecule has 0 spiro atoms. The van der Waals surface area contributed by atoms with Gasteiger partial charge in [-0.1, -0.05) is 32.0 Å². The van der Waals surface area contributed by atoms with E-state index in [0.717, 1.165) is 17.1 Å². The van der Waals surface area contributed by atoms with E-state index in [1.165, 1.54) is 11.1 Å². The van der Waals surface area contributed by atoms with Crippen LogP contribution in [0.1, 0.15) is 36.5 Å². The minimum absolute atomic E-state index is 0.426. The molecule has 3 rings (SSSR count). The average Bonchev–Trinajstić information content (AvgIpc) is 2.63. The first-order valence-corrected chi connectivity index (χ1v) is 8.46. The fourth-order valence-corrected chi connectivity index (χ4v) is 2.66. The summed E-state index contributed by atoms with van der Waals surface area (Å²) < 4.78 is 0. The molecule has 5 heteroatoms. The number of hydrogen-bond donors (Lipinski definition) is 2. The molecule has 2 aromatic heterocycles. The molecule has 0 aliphatic carbocycles. The second-order valence-corrected chi connectivity index (χ2v) is 6.29. The monoisotopic (exact) mass is 333 g/mol. The van der Waals surface area contributed by atoms with Crippen LogP contribution in [0.15, 0.2) is 55.0 Å². The highest BCUT2D eigenvalue weighted by molar-refractivity contribution is 5.64. The first kappa shape index (κ1) is 16.9. The molecule has 0 amide bonds. The Morgan fingerprint density at radius 2 is 1.80 bits per heavy atom. The summed E-state index contributed by atoms with van der Waals surface area (Å²) in [4.78, 5) is 13.0. The Morgan fingerprint density at radius 3 is 2.56 bits per heavy atom. The first-order valence-electron chi connectivity index (χ1n) is 8.46. The molecular weight excluding hydrogens is 310 g/mol. The van der Waals surface area contributed by atoms with E-state index in [0.29, 0.717) is 18.4 Å². The van der Waals surface area contributed by atoms with Gasteiger partial charge in [0, 0.05) is 30.8 Å². The third kappa shape index (κ3) is 4.32. The van der Waals surface area contributed by atoms with Gasteiger partial charge in [-0.2, -0.15) is 4.98 Å². The maximum atomic E-state index is 4.58. The Bertz CT molecular complexity index is 830. The molecule has 1 aromatic carbocycles. The van der Waals surface area contributed by atoms with E-state index in [1.54, 1.807) is 18.6 Å². The third-order valence-electron chi connectivity index (χ3n) is 4.04. The SMILES string of the molecule is Cc1cccc(C(C)C)c1Nc1nccc(NCc2ccncc2)n1. The molecule has 0 saturated carbocycles. The second-order valence-electron chi connectivity index (χ2n) is 6.29. The third-order valence-corrected chi connectivity index (χ3v) is 4.04. The number of hydrogen-bond acceptors (Lipinski definition) is 5. The summed E-state index contributed by atoms with van der Waals surface area (Å²) in [6.45, 7) is 7.17. The minimum atomic E-state index is 0.426. The Morgan fingerprint density at radius 1 is 1.00 bits per heavy atom. The van der Waals surface area contributed by atoms with Crippen molar-refractivity contribution < 1.29 is 0 Å². The molecular formula is C20H23N5. The van der Waals surface area contributed by atoms with Crippen LogP contribution < -0.4 is 10.6 Å². The van der Waals surface area contributed by atoms with Gasteiger partial charge in [0.05, 0.1) is 0 Å². The summed E-state index contributed by atoms with van der Waals surface area (Å²) >= 11 is 0. The Balaban J connectivity index is 1.76. The summed E-state index contributed by atoms with van der Waals surface area (Å²) in [6, 6.07) is 12.2. The van der Waals surface area contributed by atoms with Gasteiger partial charge in [-0.25, -0.2) is 4.98 Å². The minimum Gasteiger partial charge on any atom is -0.366 e. The number of benzene rings is 1. The van der Waals surface area contributed by atoms with Crippen molar-refractivity contribution in [1.29, 1.82) is 0 Å². The van der Waals surface area contributed by atoms with Crippen LogP contribution >= 0.6 is 0 Å². The number of aryl methyl sites for hydroxylation is 1.